The highest BCUT2D eigenvalue weighted by atomic mass is 32.1. The van der Waals surface area contributed by atoms with E-state index in [0.29, 0.717) is 100 Å². The van der Waals surface area contributed by atoms with Crippen molar-refractivity contribution in [2.24, 2.45) is 5.92 Å². The topological polar surface area (TPSA) is 166 Å². The van der Waals surface area contributed by atoms with Gasteiger partial charge in [-0.3, -0.25) is 24.3 Å². The van der Waals surface area contributed by atoms with Crippen molar-refractivity contribution in [2.75, 3.05) is 79.4 Å². The number of piperazine rings is 1. The minimum Gasteiger partial charge on any atom is -0.489 e. The number of likely N-dealkylation sites (tertiary alicyclic amines) is 1. The number of nitrogens with one attached hydrogen (secondary N) is 2. The molecule has 0 bridgehead atoms. The first-order valence-corrected chi connectivity index (χ1v) is 24.3. The van der Waals surface area contributed by atoms with Crippen LogP contribution in [0.4, 0.5) is 4.39 Å². The maximum atomic E-state index is 15.6. The average Bonchev–Trinajstić information content (AvgIpc) is 4.08. The molecule has 3 fully saturated rings. The number of nitrogens with zero attached hydrogens (tertiary/aromatic N) is 6. The Bertz CT molecular complexity index is 2400. The van der Waals surface area contributed by atoms with Gasteiger partial charge >= 0.3 is 0 Å². The van der Waals surface area contributed by atoms with Crippen molar-refractivity contribution in [1.82, 2.24) is 40.0 Å². The van der Waals surface area contributed by atoms with Crippen LogP contribution in [0.3, 0.4) is 0 Å². The predicted molar refractivity (Wildman–Crippen MR) is 248 cm³/mol. The quantitative estimate of drug-likeness (QED) is 0.0904. The number of likely N-dealkylation sites (N-methyl/N-ethyl adjacent to an activating group) is 1. The first-order chi connectivity index (χ1) is 32.2. The standard InChI is InChI=1S/C48H63FN8O8S/c1-32(50-3)46(58)52-44(34-7-5-4-6-8-34)48(60)56-20-18-55(19-21-56)47(59)35-9-10-40-38(29-35)43(49)33(2)57(40)22-23-61-24-25-62-26-27-63-42-30-37(65-53-42)31-54-16-12-36(13-17-54)64-41-11-15-51-39-14-28-66-45(39)41/h9-11,14-15,28-30,32,34,36,44,50H,4-8,12-13,16-27,31H2,1-3H3,(H,52,58)/t32-,44?/m0/s1. The summed E-state index contributed by atoms with van der Waals surface area (Å²) in [5, 5.41) is 12.5. The lowest BCUT2D eigenvalue weighted by atomic mass is 9.83. The Balaban J connectivity index is 0.715. The summed E-state index contributed by atoms with van der Waals surface area (Å²) >= 11 is 1.65. The van der Waals surface area contributed by atoms with E-state index in [0.717, 1.165) is 79.8 Å². The highest BCUT2D eigenvalue weighted by Crippen LogP contribution is 2.32. The number of rotatable bonds is 20. The Morgan fingerprint density at radius 1 is 0.909 bits per heavy atom. The van der Waals surface area contributed by atoms with E-state index in [9.17, 15) is 14.4 Å². The molecule has 6 heterocycles. The van der Waals surface area contributed by atoms with E-state index in [1.165, 1.54) is 0 Å². The van der Waals surface area contributed by atoms with E-state index in [4.69, 9.17) is 23.5 Å². The molecule has 2 aliphatic heterocycles. The zero-order chi connectivity index (χ0) is 46.0. The Morgan fingerprint density at radius 3 is 2.42 bits per heavy atom. The molecule has 1 aromatic carbocycles. The van der Waals surface area contributed by atoms with Crippen LogP contribution in [0, 0.1) is 18.7 Å². The number of aromatic nitrogens is 3. The van der Waals surface area contributed by atoms with Crippen LogP contribution >= 0.6 is 11.3 Å². The van der Waals surface area contributed by atoms with Gasteiger partial charge in [0.2, 0.25) is 11.8 Å². The number of benzene rings is 1. The number of halogens is 1. The lowest BCUT2D eigenvalue weighted by Crippen LogP contribution is -2.59. The number of amides is 3. The third-order valence-electron chi connectivity index (χ3n) is 13.2. The monoisotopic (exact) mass is 930 g/mol. The van der Waals surface area contributed by atoms with E-state index in [2.05, 4.69) is 25.7 Å². The van der Waals surface area contributed by atoms with E-state index in [-0.39, 0.29) is 35.6 Å². The Kier molecular flexibility index (Phi) is 16.2. The van der Waals surface area contributed by atoms with E-state index in [1.54, 1.807) is 66.4 Å². The van der Waals surface area contributed by atoms with Crippen LogP contribution in [0.5, 0.6) is 11.6 Å². The van der Waals surface area contributed by atoms with Gasteiger partial charge in [-0.1, -0.05) is 19.3 Å². The zero-order valence-corrected chi connectivity index (χ0v) is 39.1. The van der Waals surface area contributed by atoms with Crippen LogP contribution in [-0.2, 0) is 32.2 Å². The van der Waals surface area contributed by atoms with Gasteiger partial charge in [0.25, 0.3) is 11.8 Å². The average molecular weight is 931 g/mol. The van der Waals surface area contributed by atoms with Crippen molar-refractivity contribution in [1.29, 1.82) is 0 Å². The highest BCUT2D eigenvalue weighted by Gasteiger charge is 2.36. The minimum absolute atomic E-state index is 0.0853. The molecular formula is C48H63FN8O8S. The van der Waals surface area contributed by atoms with Gasteiger partial charge in [-0.2, -0.15) is 0 Å². The number of fused-ring (bicyclic) bond motifs is 2. The number of hydrogen-bond donors (Lipinski definition) is 2. The van der Waals surface area contributed by atoms with E-state index >= 15 is 4.39 Å². The molecule has 0 radical (unpaired) electrons. The fourth-order valence-corrected chi connectivity index (χ4v) is 10.1. The van der Waals surface area contributed by atoms with Crippen LogP contribution in [0.25, 0.3) is 21.1 Å². The Hall–Kier alpha value is -5.14. The maximum absolute atomic E-state index is 15.6. The fraction of sp³-hybridized carbons (Fsp3) is 0.562. The Morgan fingerprint density at radius 2 is 1.65 bits per heavy atom. The summed E-state index contributed by atoms with van der Waals surface area (Å²) in [6.07, 6.45) is 8.86. The van der Waals surface area contributed by atoms with E-state index in [1.807, 2.05) is 28.1 Å². The van der Waals surface area contributed by atoms with Crippen LogP contribution in [-0.4, -0.2) is 145 Å². The molecule has 0 spiro atoms. The second-order valence-electron chi connectivity index (χ2n) is 17.5. The van der Waals surface area contributed by atoms with Gasteiger partial charge in [0.1, 0.15) is 24.5 Å². The summed E-state index contributed by atoms with van der Waals surface area (Å²) in [5.41, 5.74) is 2.52. The minimum atomic E-state index is -0.580. The molecule has 1 unspecified atom stereocenters. The summed E-state index contributed by atoms with van der Waals surface area (Å²) < 4.78 is 47.7. The highest BCUT2D eigenvalue weighted by molar-refractivity contribution is 7.17. The SMILES string of the molecule is CN[C@@H](C)C(=O)NC(C(=O)N1CCN(C(=O)c2ccc3c(c2)c(F)c(C)n3CCOCCOCCOc2cc(CN3CCC(Oc4ccnc5ccsc45)CC3)on2)CC1)C1CCCCC1. The molecule has 1 saturated carbocycles. The second-order valence-corrected chi connectivity index (χ2v) is 18.5. The lowest BCUT2D eigenvalue weighted by Gasteiger charge is -2.39. The van der Waals surface area contributed by atoms with Crippen molar-refractivity contribution in [3.8, 4) is 11.6 Å². The molecule has 356 valence electrons. The third kappa shape index (κ3) is 11.5. The summed E-state index contributed by atoms with van der Waals surface area (Å²) in [7, 11) is 1.72. The van der Waals surface area contributed by atoms with Gasteiger partial charge in [0.15, 0.2) is 11.6 Å². The second kappa shape index (κ2) is 22.6. The maximum Gasteiger partial charge on any atom is 0.254 e. The number of hydrogen-bond acceptors (Lipinski definition) is 13. The molecule has 66 heavy (non-hydrogen) atoms. The van der Waals surface area contributed by atoms with Gasteiger partial charge in [0.05, 0.1) is 60.4 Å². The third-order valence-corrected chi connectivity index (χ3v) is 14.2. The lowest BCUT2D eigenvalue weighted by molar-refractivity contribution is -0.140. The number of pyridine rings is 1. The van der Waals surface area contributed by atoms with Gasteiger partial charge in [-0.25, -0.2) is 4.39 Å². The molecule has 1 aliphatic carbocycles. The first-order valence-electron chi connectivity index (χ1n) is 23.5. The molecule has 3 aliphatic rings. The molecular weight excluding hydrogens is 868 g/mol. The summed E-state index contributed by atoms with van der Waals surface area (Å²) in [6, 6.07) is 9.93. The smallest absolute Gasteiger partial charge is 0.254 e. The number of carbonyl (C=O) groups is 3. The Labute approximate surface area is 389 Å². The van der Waals surface area contributed by atoms with Crippen LogP contribution in [0.1, 0.15) is 73.7 Å². The van der Waals surface area contributed by atoms with Gasteiger partial charge in [-0.15, -0.1) is 11.3 Å². The number of ether oxygens (including phenoxy) is 4. The van der Waals surface area contributed by atoms with E-state index < -0.39 is 12.1 Å². The van der Waals surface area contributed by atoms with Crippen LogP contribution in [0.15, 0.2) is 52.5 Å². The largest absolute Gasteiger partial charge is 0.489 e. The van der Waals surface area contributed by atoms with Gasteiger partial charge < -0.3 is 48.5 Å². The van der Waals surface area contributed by atoms with Crippen molar-refractivity contribution >= 4 is 50.2 Å². The molecule has 16 nitrogen and oxygen atoms in total. The van der Waals surface area contributed by atoms with Gasteiger partial charge in [0, 0.05) is 69.0 Å². The van der Waals surface area contributed by atoms with Gasteiger partial charge in [-0.05, 0) is 93.4 Å². The number of carbonyl (C=O) groups excluding carboxylic acids is 3. The normalized spacial score (nSPS) is 17.6. The van der Waals surface area contributed by atoms with Crippen molar-refractivity contribution in [3.05, 3.63) is 70.8 Å². The van der Waals surface area contributed by atoms with Crippen LogP contribution in [0.2, 0.25) is 0 Å². The molecule has 5 aromatic rings. The van der Waals surface area contributed by atoms with Crippen molar-refractivity contribution in [2.45, 2.75) is 90.1 Å². The predicted octanol–water partition coefficient (Wildman–Crippen LogP) is 5.80. The molecule has 3 amide bonds. The molecule has 18 heteroatoms. The summed E-state index contributed by atoms with van der Waals surface area (Å²) in [5.74, 6) is 1.33. The first kappa shape index (κ1) is 47.4. The van der Waals surface area contributed by atoms with Crippen LogP contribution < -0.4 is 20.1 Å². The zero-order valence-electron chi connectivity index (χ0n) is 38.3. The molecule has 2 N–H and O–H groups in total. The molecule has 8 rings (SSSR count). The summed E-state index contributed by atoms with van der Waals surface area (Å²) in [4.78, 5) is 50.6. The summed E-state index contributed by atoms with van der Waals surface area (Å²) in [6.45, 7) is 9.56. The number of thiophene rings is 1. The molecule has 2 atom stereocenters. The van der Waals surface area contributed by atoms with Crippen molar-refractivity contribution in [3.63, 3.8) is 0 Å². The molecule has 2 saturated heterocycles. The fourth-order valence-electron chi connectivity index (χ4n) is 9.28. The van der Waals surface area contributed by atoms with Crippen molar-refractivity contribution < 1.29 is 42.2 Å². The molecule has 4 aromatic heterocycles. The number of piperidine rings is 1.